The Labute approximate surface area is 117 Å². The number of carbonyl (C=O) groups is 2. The van der Waals surface area contributed by atoms with Gasteiger partial charge < -0.3 is 10.4 Å². The molecular formula is C15H29NO3. The minimum absolute atomic E-state index is 0.0374. The van der Waals surface area contributed by atoms with E-state index < -0.39 is 11.4 Å². The van der Waals surface area contributed by atoms with E-state index in [1.807, 2.05) is 0 Å². The summed E-state index contributed by atoms with van der Waals surface area (Å²) in [5.74, 6) is -0.344. The van der Waals surface area contributed by atoms with Crippen molar-refractivity contribution >= 4 is 11.9 Å². The van der Waals surface area contributed by atoms with E-state index >= 15 is 0 Å². The highest BCUT2D eigenvalue weighted by atomic mass is 16.4. The molecule has 0 aromatic carbocycles. The molecule has 4 nitrogen and oxygen atoms in total. The summed E-state index contributed by atoms with van der Waals surface area (Å²) in [6, 6.07) is 0. The summed E-state index contributed by atoms with van der Waals surface area (Å²) in [5, 5.41) is 11.7. The Morgan fingerprint density at radius 2 is 1.68 bits per heavy atom. The molecule has 112 valence electrons. The van der Waals surface area contributed by atoms with Gasteiger partial charge in [0.05, 0.1) is 5.41 Å². The van der Waals surface area contributed by atoms with E-state index in [1.54, 1.807) is 13.8 Å². The van der Waals surface area contributed by atoms with Gasteiger partial charge in [0.25, 0.3) is 0 Å². The molecule has 0 unspecified atom stereocenters. The molecule has 0 radical (unpaired) electrons. The van der Waals surface area contributed by atoms with Gasteiger partial charge in [-0.3, -0.25) is 9.59 Å². The Bertz CT molecular complexity index is 285. The van der Waals surface area contributed by atoms with Crippen LogP contribution in [0.4, 0.5) is 0 Å². The number of nitrogens with one attached hydrogen (secondary N) is 1. The molecule has 0 aliphatic carbocycles. The van der Waals surface area contributed by atoms with Crippen LogP contribution in [0.25, 0.3) is 0 Å². The Morgan fingerprint density at radius 1 is 1.11 bits per heavy atom. The van der Waals surface area contributed by atoms with Crippen LogP contribution >= 0.6 is 0 Å². The maximum atomic E-state index is 11.6. The van der Waals surface area contributed by atoms with Crippen LogP contribution < -0.4 is 5.32 Å². The second-order valence-electron chi connectivity index (χ2n) is 6.31. The minimum Gasteiger partial charge on any atom is -0.481 e. The van der Waals surface area contributed by atoms with Crippen molar-refractivity contribution in [2.75, 3.05) is 6.54 Å². The summed E-state index contributed by atoms with van der Waals surface area (Å²) in [7, 11) is 0. The van der Waals surface area contributed by atoms with Crippen molar-refractivity contribution in [3.63, 3.8) is 0 Å². The maximum Gasteiger partial charge on any atom is 0.309 e. The number of unbranched alkanes of at least 4 members (excludes halogenated alkanes) is 3. The van der Waals surface area contributed by atoms with Crippen molar-refractivity contribution in [2.24, 2.45) is 11.3 Å². The molecule has 0 bridgehead atoms. The highest BCUT2D eigenvalue weighted by Crippen LogP contribution is 2.19. The van der Waals surface area contributed by atoms with Gasteiger partial charge in [-0.25, -0.2) is 0 Å². The van der Waals surface area contributed by atoms with Crippen LogP contribution in [0, 0.1) is 11.3 Å². The summed E-state index contributed by atoms with van der Waals surface area (Å²) in [4.78, 5) is 22.4. The zero-order chi connectivity index (χ0) is 14.9. The van der Waals surface area contributed by atoms with Crippen molar-refractivity contribution in [3.05, 3.63) is 0 Å². The molecule has 0 aliphatic heterocycles. The quantitative estimate of drug-likeness (QED) is 0.600. The number of aliphatic carboxylic acids is 1. The van der Waals surface area contributed by atoms with Gasteiger partial charge >= 0.3 is 5.97 Å². The van der Waals surface area contributed by atoms with Gasteiger partial charge in [-0.2, -0.15) is 0 Å². The standard InChI is InChI=1S/C15H29NO3/c1-12(2)9-7-5-6-8-10-16-13(17)11-15(3,4)14(18)19/h12H,5-11H2,1-4H3,(H,16,17)(H,18,19). The van der Waals surface area contributed by atoms with E-state index in [4.69, 9.17) is 5.11 Å². The van der Waals surface area contributed by atoms with Crippen LogP contribution in [0.5, 0.6) is 0 Å². The number of carboxylic acid groups (broad SMARTS) is 1. The lowest BCUT2D eigenvalue weighted by Crippen LogP contribution is -2.33. The van der Waals surface area contributed by atoms with E-state index in [9.17, 15) is 9.59 Å². The van der Waals surface area contributed by atoms with E-state index in [0.717, 1.165) is 18.8 Å². The Hall–Kier alpha value is -1.06. The molecule has 0 aliphatic rings. The first-order valence-electron chi connectivity index (χ1n) is 7.26. The second-order valence-corrected chi connectivity index (χ2v) is 6.31. The van der Waals surface area contributed by atoms with Gasteiger partial charge in [-0.05, 0) is 26.2 Å². The molecule has 0 aromatic rings. The van der Waals surface area contributed by atoms with Crippen LogP contribution in [0.2, 0.25) is 0 Å². The fourth-order valence-electron chi connectivity index (χ4n) is 1.80. The summed E-state index contributed by atoms with van der Waals surface area (Å²) >= 11 is 0. The summed E-state index contributed by atoms with van der Waals surface area (Å²) in [6.45, 7) is 8.24. The first-order chi connectivity index (χ1) is 8.75. The SMILES string of the molecule is CC(C)CCCCCCNC(=O)CC(C)(C)C(=O)O. The molecule has 0 spiro atoms. The predicted octanol–water partition coefficient (Wildman–Crippen LogP) is 3.21. The van der Waals surface area contributed by atoms with Crippen LogP contribution in [0.3, 0.4) is 0 Å². The molecule has 0 aromatic heterocycles. The van der Waals surface area contributed by atoms with Gasteiger partial charge in [-0.15, -0.1) is 0 Å². The number of amides is 1. The monoisotopic (exact) mass is 271 g/mol. The largest absolute Gasteiger partial charge is 0.481 e. The summed E-state index contributed by atoms with van der Waals surface area (Å²) in [6.07, 6.45) is 5.84. The predicted molar refractivity (Wildman–Crippen MR) is 77.0 cm³/mol. The van der Waals surface area contributed by atoms with Crippen molar-refractivity contribution in [1.29, 1.82) is 0 Å². The molecule has 0 saturated carbocycles. The fourth-order valence-corrected chi connectivity index (χ4v) is 1.80. The minimum atomic E-state index is -0.985. The first-order valence-corrected chi connectivity index (χ1v) is 7.26. The lowest BCUT2D eigenvalue weighted by atomic mass is 9.89. The number of hydrogen-bond acceptors (Lipinski definition) is 2. The molecule has 0 fully saturated rings. The van der Waals surface area contributed by atoms with Crippen molar-refractivity contribution in [2.45, 2.75) is 66.2 Å². The van der Waals surface area contributed by atoms with Gasteiger partial charge in [0.1, 0.15) is 0 Å². The van der Waals surface area contributed by atoms with Crippen LogP contribution in [-0.2, 0) is 9.59 Å². The third-order valence-corrected chi connectivity index (χ3v) is 3.21. The summed E-state index contributed by atoms with van der Waals surface area (Å²) < 4.78 is 0. The molecule has 0 rings (SSSR count). The van der Waals surface area contributed by atoms with Crippen LogP contribution in [0.1, 0.15) is 66.2 Å². The van der Waals surface area contributed by atoms with Gasteiger partial charge in [-0.1, -0.05) is 39.5 Å². The normalized spacial score (nSPS) is 11.6. The molecule has 0 saturated heterocycles. The first kappa shape index (κ1) is 17.9. The molecule has 2 N–H and O–H groups in total. The molecule has 19 heavy (non-hydrogen) atoms. The average Bonchev–Trinajstić information content (AvgIpc) is 2.26. The molecule has 4 heteroatoms. The third kappa shape index (κ3) is 9.51. The smallest absolute Gasteiger partial charge is 0.309 e. The van der Waals surface area contributed by atoms with Crippen LogP contribution in [0.15, 0.2) is 0 Å². The van der Waals surface area contributed by atoms with E-state index in [-0.39, 0.29) is 12.3 Å². The third-order valence-electron chi connectivity index (χ3n) is 3.21. The number of carboxylic acids is 1. The van der Waals surface area contributed by atoms with Crippen molar-refractivity contribution in [3.8, 4) is 0 Å². The van der Waals surface area contributed by atoms with Crippen LogP contribution in [-0.4, -0.2) is 23.5 Å². The highest BCUT2D eigenvalue weighted by molar-refractivity contribution is 5.84. The molecule has 0 atom stereocenters. The fraction of sp³-hybridized carbons (Fsp3) is 0.867. The average molecular weight is 271 g/mol. The highest BCUT2D eigenvalue weighted by Gasteiger charge is 2.29. The lowest BCUT2D eigenvalue weighted by molar-refractivity contribution is -0.149. The maximum absolute atomic E-state index is 11.6. The van der Waals surface area contributed by atoms with Gasteiger partial charge in [0.15, 0.2) is 0 Å². The zero-order valence-electron chi connectivity index (χ0n) is 12.8. The van der Waals surface area contributed by atoms with Crippen molar-refractivity contribution < 1.29 is 14.7 Å². The molecular weight excluding hydrogens is 242 g/mol. The van der Waals surface area contributed by atoms with Crippen molar-refractivity contribution in [1.82, 2.24) is 5.32 Å². The van der Waals surface area contributed by atoms with E-state index in [0.29, 0.717) is 6.54 Å². The number of carbonyl (C=O) groups excluding carboxylic acids is 1. The lowest BCUT2D eigenvalue weighted by Gasteiger charge is -2.18. The van der Waals surface area contributed by atoms with Gasteiger partial charge in [0.2, 0.25) is 5.91 Å². The topological polar surface area (TPSA) is 66.4 Å². The van der Waals surface area contributed by atoms with E-state index in [1.165, 1.54) is 19.3 Å². The zero-order valence-corrected chi connectivity index (χ0v) is 12.8. The molecule has 1 amide bonds. The number of hydrogen-bond donors (Lipinski definition) is 2. The van der Waals surface area contributed by atoms with E-state index in [2.05, 4.69) is 19.2 Å². The van der Waals surface area contributed by atoms with Gasteiger partial charge in [0, 0.05) is 13.0 Å². The Kier molecular flexibility index (Phi) is 8.44. The summed E-state index contributed by atoms with van der Waals surface area (Å²) in [5.41, 5.74) is -0.985. The number of rotatable bonds is 10. The Morgan fingerprint density at radius 3 is 2.21 bits per heavy atom. The molecule has 0 heterocycles. The second kappa shape index (κ2) is 8.94. The Balaban J connectivity index is 3.57.